The highest BCUT2D eigenvalue weighted by Crippen LogP contribution is 2.59. The molecule has 3 fully saturated rings. The first kappa shape index (κ1) is 6.51. The first-order chi connectivity index (χ1) is 5.36. The first-order valence-electron chi connectivity index (χ1n) is 5.36. The van der Waals surface area contributed by atoms with Crippen LogP contribution in [0.15, 0.2) is 0 Å². The summed E-state index contributed by atoms with van der Waals surface area (Å²) in [5.41, 5.74) is 0.907. The summed E-state index contributed by atoms with van der Waals surface area (Å²) in [4.78, 5) is 0. The Hall–Kier alpha value is 0. The number of hydrogen-bond donors (Lipinski definition) is 0. The molecule has 0 aromatic heterocycles. The Kier molecular flexibility index (Phi) is 1.20. The molecule has 0 nitrogen and oxygen atoms in total. The molecule has 0 aromatic rings. The van der Waals surface area contributed by atoms with E-state index in [-0.39, 0.29) is 0 Å². The Labute approximate surface area is 69.4 Å². The Bertz CT molecular complexity index is 153. The molecule has 3 aliphatic rings. The van der Waals surface area contributed by atoms with Gasteiger partial charge in [0.1, 0.15) is 0 Å². The third-order valence-corrected chi connectivity index (χ3v) is 4.51. The lowest BCUT2D eigenvalue weighted by Gasteiger charge is -2.47. The predicted octanol–water partition coefficient (Wildman–Crippen LogP) is 3.37. The van der Waals surface area contributed by atoms with Crippen LogP contribution >= 0.6 is 0 Å². The molecule has 0 N–H and O–H groups in total. The molecule has 2 atom stereocenters. The van der Waals surface area contributed by atoms with Gasteiger partial charge in [0.05, 0.1) is 0 Å². The maximum atomic E-state index is 1.61. The highest BCUT2D eigenvalue weighted by atomic mass is 14.5. The molecule has 0 amide bonds. The van der Waals surface area contributed by atoms with Crippen molar-refractivity contribution < 1.29 is 0 Å². The molecule has 1 spiro atoms. The van der Waals surface area contributed by atoms with Crippen molar-refractivity contribution in [2.24, 2.45) is 17.3 Å². The summed E-state index contributed by atoms with van der Waals surface area (Å²) < 4.78 is 0. The molecule has 0 saturated heterocycles. The lowest BCUT2D eigenvalue weighted by atomic mass is 9.58. The van der Waals surface area contributed by atoms with Crippen LogP contribution in [-0.4, -0.2) is 0 Å². The van der Waals surface area contributed by atoms with Crippen molar-refractivity contribution >= 4 is 0 Å². The first-order valence-corrected chi connectivity index (χ1v) is 5.36. The Morgan fingerprint density at radius 2 is 1.55 bits per heavy atom. The van der Waals surface area contributed by atoms with Crippen LogP contribution < -0.4 is 0 Å². The van der Waals surface area contributed by atoms with Crippen molar-refractivity contribution in [1.82, 2.24) is 0 Å². The molecule has 11 heavy (non-hydrogen) atoms. The molecule has 0 heteroatoms. The van der Waals surface area contributed by atoms with Crippen molar-refractivity contribution in [1.29, 1.82) is 0 Å². The largest absolute Gasteiger partial charge is 0.0522 e. The minimum Gasteiger partial charge on any atom is -0.0522 e. The standard InChI is InChI=1S/C11H18/c1-4-11(5-1)7-9-2-3-10(6-9)8-11/h9-10H,1-8H2/t9-,10+. The quantitative estimate of drug-likeness (QED) is 0.496. The third kappa shape index (κ3) is 0.878. The van der Waals surface area contributed by atoms with Crippen molar-refractivity contribution in [3.8, 4) is 0 Å². The predicted molar refractivity (Wildman–Crippen MR) is 46.3 cm³/mol. The van der Waals surface area contributed by atoms with Gasteiger partial charge in [0.25, 0.3) is 0 Å². The molecule has 62 valence electrons. The second-order valence-corrected chi connectivity index (χ2v) is 5.31. The summed E-state index contributed by atoms with van der Waals surface area (Å²) in [6.45, 7) is 0. The van der Waals surface area contributed by atoms with Gasteiger partial charge in [-0.2, -0.15) is 0 Å². The zero-order valence-electron chi connectivity index (χ0n) is 7.31. The maximum absolute atomic E-state index is 1.61. The summed E-state index contributed by atoms with van der Waals surface area (Å²) in [6.07, 6.45) is 12.7. The van der Waals surface area contributed by atoms with Crippen LogP contribution in [0, 0.1) is 17.3 Å². The number of rotatable bonds is 0. The summed E-state index contributed by atoms with van der Waals surface area (Å²) in [6, 6.07) is 0. The topological polar surface area (TPSA) is 0 Å². The van der Waals surface area contributed by atoms with Crippen molar-refractivity contribution in [3.05, 3.63) is 0 Å². The second kappa shape index (κ2) is 2.02. The highest BCUT2D eigenvalue weighted by molar-refractivity contribution is 4.98. The molecule has 0 unspecified atom stereocenters. The summed E-state index contributed by atoms with van der Waals surface area (Å²) >= 11 is 0. The van der Waals surface area contributed by atoms with Gasteiger partial charge in [-0.15, -0.1) is 0 Å². The van der Waals surface area contributed by atoms with E-state index in [1.165, 1.54) is 0 Å². The zero-order chi connectivity index (χ0) is 7.31. The minimum absolute atomic E-state index is 0.907. The van der Waals surface area contributed by atoms with E-state index in [9.17, 15) is 0 Å². The van der Waals surface area contributed by atoms with Gasteiger partial charge in [-0.05, 0) is 49.4 Å². The fourth-order valence-corrected chi connectivity index (χ4v) is 3.94. The molecule has 0 aliphatic heterocycles. The van der Waals surface area contributed by atoms with Crippen molar-refractivity contribution in [2.45, 2.75) is 51.4 Å². The normalized spacial score (nSPS) is 45.8. The molecule has 3 aliphatic carbocycles. The Morgan fingerprint density at radius 1 is 0.909 bits per heavy atom. The lowest BCUT2D eigenvalue weighted by Crippen LogP contribution is -2.35. The third-order valence-electron chi connectivity index (χ3n) is 4.51. The van der Waals surface area contributed by atoms with Crippen LogP contribution in [0.2, 0.25) is 0 Å². The van der Waals surface area contributed by atoms with E-state index < -0.39 is 0 Å². The minimum atomic E-state index is 0.907. The van der Waals surface area contributed by atoms with E-state index in [0.29, 0.717) is 0 Å². The van der Waals surface area contributed by atoms with E-state index in [1.54, 1.807) is 51.4 Å². The van der Waals surface area contributed by atoms with Gasteiger partial charge >= 0.3 is 0 Å². The monoisotopic (exact) mass is 150 g/mol. The van der Waals surface area contributed by atoms with Gasteiger partial charge in [-0.25, -0.2) is 0 Å². The summed E-state index contributed by atoms with van der Waals surface area (Å²) in [7, 11) is 0. The molecule has 3 rings (SSSR count). The summed E-state index contributed by atoms with van der Waals surface area (Å²) in [5, 5.41) is 0. The van der Waals surface area contributed by atoms with Crippen LogP contribution in [0.5, 0.6) is 0 Å². The van der Waals surface area contributed by atoms with Crippen LogP contribution in [0.25, 0.3) is 0 Å². The van der Waals surface area contributed by atoms with Gasteiger partial charge in [-0.1, -0.05) is 19.3 Å². The van der Waals surface area contributed by atoms with E-state index in [2.05, 4.69) is 0 Å². The average molecular weight is 150 g/mol. The maximum Gasteiger partial charge on any atom is -0.0292 e. The van der Waals surface area contributed by atoms with Crippen LogP contribution in [0.1, 0.15) is 51.4 Å². The van der Waals surface area contributed by atoms with E-state index in [1.807, 2.05) is 0 Å². The van der Waals surface area contributed by atoms with E-state index in [0.717, 1.165) is 17.3 Å². The van der Waals surface area contributed by atoms with Crippen LogP contribution in [-0.2, 0) is 0 Å². The molecule has 0 heterocycles. The number of fused-ring (bicyclic) bond motifs is 2. The molecule has 0 aromatic carbocycles. The Balaban J connectivity index is 1.80. The SMILES string of the molecule is C1CC2(C1)C[C@@H]1CC[C@@H](C1)C2. The van der Waals surface area contributed by atoms with Crippen LogP contribution in [0.3, 0.4) is 0 Å². The fraction of sp³-hybridized carbons (Fsp3) is 1.00. The van der Waals surface area contributed by atoms with Crippen LogP contribution in [0.4, 0.5) is 0 Å². The Morgan fingerprint density at radius 3 is 2.00 bits per heavy atom. The number of hydrogen-bond acceptors (Lipinski definition) is 0. The van der Waals surface area contributed by atoms with Gasteiger partial charge in [0.15, 0.2) is 0 Å². The second-order valence-electron chi connectivity index (χ2n) is 5.31. The van der Waals surface area contributed by atoms with Gasteiger partial charge in [0, 0.05) is 0 Å². The van der Waals surface area contributed by atoms with E-state index >= 15 is 0 Å². The highest BCUT2D eigenvalue weighted by Gasteiger charge is 2.46. The summed E-state index contributed by atoms with van der Waals surface area (Å²) in [5.74, 6) is 2.32. The van der Waals surface area contributed by atoms with Crippen molar-refractivity contribution in [2.75, 3.05) is 0 Å². The van der Waals surface area contributed by atoms with Gasteiger partial charge in [-0.3, -0.25) is 0 Å². The molecule has 0 radical (unpaired) electrons. The smallest absolute Gasteiger partial charge is 0.0292 e. The van der Waals surface area contributed by atoms with Gasteiger partial charge < -0.3 is 0 Å². The zero-order valence-corrected chi connectivity index (χ0v) is 7.31. The van der Waals surface area contributed by atoms with E-state index in [4.69, 9.17) is 0 Å². The molecule has 2 bridgehead atoms. The van der Waals surface area contributed by atoms with Gasteiger partial charge in [0.2, 0.25) is 0 Å². The molecular weight excluding hydrogens is 132 g/mol. The average Bonchev–Trinajstić information content (AvgIpc) is 2.27. The molecular formula is C11H18. The molecule has 3 saturated carbocycles. The van der Waals surface area contributed by atoms with Crippen molar-refractivity contribution in [3.63, 3.8) is 0 Å². The fourth-order valence-electron chi connectivity index (χ4n) is 3.94. The lowest BCUT2D eigenvalue weighted by molar-refractivity contribution is 0.0408.